The highest BCUT2D eigenvalue weighted by molar-refractivity contribution is 7.09. The molecule has 0 aliphatic rings. The Kier molecular flexibility index (Phi) is 3.36. The molecule has 0 saturated heterocycles. The molecule has 0 bridgehead atoms. The van der Waals surface area contributed by atoms with Crippen LogP contribution in [0, 0.1) is 6.92 Å². The van der Waals surface area contributed by atoms with E-state index < -0.39 is 0 Å². The fraction of sp³-hybridized carbons (Fsp3) is 0.455. The summed E-state index contributed by atoms with van der Waals surface area (Å²) in [5, 5.41) is 10.8. The number of thiazole rings is 1. The Labute approximate surface area is 99.3 Å². The fourth-order valence-corrected chi connectivity index (χ4v) is 2.38. The molecule has 0 aromatic carbocycles. The van der Waals surface area contributed by atoms with Crippen LogP contribution in [0.2, 0.25) is 0 Å². The van der Waals surface area contributed by atoms with Crippen molar-refractivity contribution < 1.29 is 0 Å². The van der Waals surface area contributed by atoms with E-state index in [2.05, 4.69) is 27.7 Å². The van der Waals surface area contributed by atoms with Gasteiger partial charge in [0.05, 0.1) is 22.4 Å². The van der Waals surface area contributed by atoms with Gasteiger partial charge in [-0.15, -0.1) is 11.3 Å². The maximum Gasteiger partial charge on any atom is 0.0930 e. The summed E-state index contributed by atoms with van der Waals surface area (Å²) in [7, 11) is 1.96. The summed E-state index contributed by atoms with van der Waals surface area (Å²) in [5.74, 6) is 0. The molecule has 0 amide bonds. The second kappa shape index (κ2) is 4.76. The Morgan fingerprint density at radius 2 is 2.38 bits per heavy atom. The standard InChI is InChI=1S/C11H16N4S/c1-4-12-11(9-7-16-8(2)14-9)10-5-6-13-15(10)3/h5-7,11-12H,4H2,1-3H3. The molecule has 2 aromatic heterocycles. The molecule has 0 spiro atoms. The molecule has 0 aliphatic heterocycles. The number of nitrogens with one attached hydrogen (secondary N) is 1. The van der Waals surface area contributed by atoms with Crippen LogP contribution in [0.1, 0.15) is 29.4 Å². The lowest BCUT2D eigenvalue weighted by molar-refractivity contribution is 0.563. The highest BCUT2D eigenvalue weighted by Gasteiger charge is 2.18. The normalized spacial score (nSPS) is 12.9. The van der Waals surface area contributed by atoms with E-state index in [1.54, 1.807) is 11.3 Å². The minimum Gasteiger partial charge on any atom is -0.304 e. The van der Waals surface area contributed by atoms with Crippen molar-refractivity contribution in [1.29, 1.82) is 0 Å². The minimum absolute atomic E-state index is 0.141. The molecule has 4 nitrogen and oxygen atoms in total. The molecule has 16 heavy (non-hydrogen) atoms. The molecule has 0 radical (unpaired) electrons. The molecule has 2 heterocycles. The van der Waals surface area contributed by atoms with Gasteiger partial charge >= 0.3 is 0 Å². The zero-order valence-corrected chi connectivity index (χ0v) is 10.6. The van der Waals surface area contributed by atoms with Crippen LogP contribution >= 0.6 is 11.3 Å². The molecule has 0 aliphatic carbocycles. The molecule has 1 unspecified atom stereocenters. The topological polar surface area (TPSA) is 42.7 Å². The monoisotopic (exact) mass is 236 g/mol. The van der Waals surface area contributed by atoms with Crippen LogP contribution in [0.5, 0.6) is 0 Å². The average Bonchev–Trinajstić information content (AvgIpc) is 2.84. The van der Waals surface area contributed by atoms with Crippen LogP contribution < -0.4 is 5.32 Å². The third-order valence-corrected chi connectivity index (χ3v) is 3.29. The molecule has 2 aromatic rings. The first-order chi connectivity index (χ1) is 7.72. The van der Waals surface area contributed by atoms with Crippen molar-refractivity contribution in [3.05, 3.63) is 34.0 Å². The summed E-state index contributed by atoms with van der Waals surface area (Å²) in [6.07, 6.45) is 1.82. The van der Waals surface area contributed by atoms with Gasteiger partial charge < -0.3 is 5.32 Å². The van der Waals surface area contributed by atoms with Gasteiger partial charge in [0.15, 0.2) is 0 Å². The van der Waals surface area contributed by atoms with Gasteiger partial charge in [0.1, 0.15) is 0 Å². The van der Waals surface area contributed by atoms with Crippen molar-refractivity contribution in [2.75, 3.05) is 6.54 Å². The molecule has 1 atom stereocenters. The number of rotatable bonds is 4. The first-order valence-electron chi connectivity index (χ1n) is 5.35. The van der Waals surface area contributed by atoms with Crippen molar-refractivity contribution in [3.63, 3.8) is 0 Å². The van der Waals surface area contributed by atoms with Crippen LogP contribution in [0.3, 0.4) is 0 Å². The lowest BCUT2D eigenvalue weighted by Crippen LogP contribution is -2.24. The Balaban J connectivity index is 2.34. The Morgan fingerprint density at radius 1 is 1.56 bits per heavy atom. The lowest BCUT2D eigenvalue weighted by Gasteiger charge is -2.15. The highest BCUT2D eigenvalue weighted by atomic mass is 32.1. The number of hydrogen-bond acceptors (Lipinski definition) is 4. The van der Waals surface area contributed by atoms with Crippen LogP contribution in [-0.2, 0) is 7.05 Å². The molecular formula is C11H16N4S. The summed E-state index contributed by atoms with van der Waals surface area (Å²) in [4.78, 5) is 4.54. The summed E-state index contributed by atoms with van der Waals surface area (Å²) < 4.78 is 1.89. The Bertz CT molecular complexity index is 460. The summed E-state index contributed by atoms with van der Waals surface area (Å²) in [6, 6.07) is 2.17. The zero-order valence-electron chi connectivity index (χ0n) is 9.77. The first-order valence-corrected chi connectivity index (χ1v) is 6.23. The third kappa shape index (κ3) is 2.15. The van der Waals surface area contributed by atoms with E-state index in [4.69, 9.17) is 0 Å². The van der Waals surface area contributed by atoms with Crippen LogP contribution in [-0.4, -0.2) is 21.3 Å². The quantitative estimate of drug-likeness (QED) is 0.881. The van der Waals surface area contributed by atoms with Crippen molar-refractivity contribution >= 4 is 11.3 Å². The van der Waals surface area contributed by atoms with Gasteiger partial charge in [0.25, 0.3) is 0 Å². The van der Waals surface area contributed by atoms with E-state index in [1.165, 1.54) is 0 Å². The molecular weight excluding hydrogens is 220 g/mol. The zero-order chi connectivity index (χ0) is 11.5. The minimum atomic E-state index is 0.141. The molecule has 0 saturated carbocycles. The van der Waals surface area contributed by atoms with Crippen molar-refractivity contribution in [2.45, 2.75) is 19.9 Å². The average molecular weight is 236 g/mol. The maximum absolute atomic E-state index is 4.54. The summed E-state index contributed by atoms with van der Waals surface area (Å²) >= 11 is 1.68. The van der Waals surface area contributed by atoms with Gasteiger partial charge in [-0.3, -0.25) is 4.68 Å². The highest BCUT2D eigenvalue weighted by Crippen LogP contribution is 2.22. The van der Waals surface area contributed by atoms with Gasteiger partial charge in [0.2, 0.25) is 0 Å². The van der Waals surface area contributed by atoms with Gasteiger partial charge in [-0.25, -0.2) is 4.98 Å². The van der Waals surface area contributed by atoms with Gasteiger partial charge in [0, 0.05) is 18.6 Å². The Morgan fingerprint density at radius 3 is 2.88 bits per heavy atom. The SMILES string of the molecule is CCNC(c1csc(C)n1)c1ccnn1C. The van der Waals surface area contributed by atoms with Crippen molar-refractivity contribution in [3.8, 4) is 0 Å². The van der Waals surface area contributed by atoms with Crippen molar-refractivity contribution in [1.82, 2.24) is 20.1 Å². The van der Waals surface area contributed by atoms with Crippen LogP contribution in [0.15, 0.2) is 17.6 Å². The van der Waals surface area contributed by atoms with Crippen LogP contribution in [0.4, 0.5) is 0 Å². The second-order valence-corrected chi connectivity index (χ2v) is 4.72. The fourth-order valence-electron chi connectivity index (χ4n) is 1.74. The molecule has 5 heteroatoms. The molecule has 2 rings (SSSR count). The van der Waals surface area contributed by atoms with E-state index in [-0.39, 0.29) is 6.04 Å². The van der Waals surface area contributed by atoms with E-state index in [9.17, 15) is 0 Å². The smallest absolute Gasteiger partial charge is 0.0930 e. The summed E-state index contributed by atoms with van der Waals surface area (Å²) in [6.45, 7) is 5.04. The lowest BCUT2D eigenvalue weighted by atomic mass is 10.1. The van der Waals surface area contributed by atoms with Gasteiger partial charge in [-0.05, 0) is 19.5 Å². The predicted octanol–water partition coefficient (Wildman–Crippen LogP) is 1.88. The third-order valence-electron chi connectivity index (χ3n) is 2.50. The number of hydrogen-bond donors (Lipinski definition) is 1. The number of aromatic nitrogens is 3. The van der Waals surface area contributed by atoms with E-state index in [0.29, 0.717) is 0 Å². The molecule has 86 valence electrons. The second-order valence-electron chi connectivity index (χ2n) is 3.66. The van der Waals surface area contributed by atoms with E-state index in [0.717, 1.165) is 22.9 Å². The maximum atomic E-state index is 4.54. The van der Waals surface area contributed by atoms with E-state index in [1.807, 2.05) is 30.9 Å². The number of aryl methyl sites for hydroxylation is 2. The molecule has 1 N–H and O–H groups in total. The van der Waals surface area contributed by atoms with Crippen LogP contribution in [0.25, 0.3) is 0 Å². The summed E-state index contributed by atoms with van der Waals surface area (Å²) in [5.41, 5.74) is 2.22. The van der Waals surface area contributed by atoms with Crippen molar-refractivity contribution in [2.24, 2.45) is 7.05 Å². The molecule has 0 fully saturated rings. The van der Waals surface area contributed by atoms with Gasteiger partial charge in [-0.2, -0.15) is 5.10 Å². The Hall–Kier alpha value is -1.20. The number of nitrogens with zero attached hydrogens (tertiary/aromatic N) is 3. The largest absolute Gasteiger partial charge is 0.304 e. The predicted molar refractivity (Wildman–Crippen MR) is 65.6 cm³/mol. The van der Waals surface area contributed by atoms with Gasteiger partial charge in [-0.1, -0.05) is 6.92 Å². The first kappa shape index (κ1) is 11.3. The van der Waals surface area contributed by atoms with E-state index >= 15 is 0 Å².